The molecule has 1 aliphatic heterocycles. The summed E-state index contributed by atoms with van der Waals surface area (Å²) in [5.74, 6) is -0.0804. The molecule has 2 aromatic carbocycles. The van der Waals surface area contributed by atoms with Crippen molar-refractivity contribution < 1.29 is 17.9 Å². The zero-order valence-electron chi connectivity index (χ0n) is 12.2. The number of hydrogen-bond donors (Lipinski definition) is 2. The Bertz CT molecular complexity index is 916. The van der Waals surface area contributed by atoms with E-state index in [4.69, 9.17) is 27.9 Å². The minimum Gasteiger partial charge on any atom is -0.482 e. The van der Waals surface area contributed by atoms with Crippen molar-refractivity contribution in [1.82, 2.24) is 4.72 Å². The molecule has 2 N–H and O–H groups in total. The molecule has 0 radical (unpaired) electrons. The average molecular weight is 387 g/mol. The van der Waals surface area contributed by atoms with Gasteiger partial charge in [-0.1, -0.05) is 41.4 Å². The molecular weight excluding hydrogens is 375 g/mol. The van der Waals surface area contributed by atoms with E-state index in [2.05, 4.69) is 10.0 Å². The highest BCUT2D eigenvalue weighted by atomic mass is 35.5. The monoisotopic (exact) mass is 386 g/mol. The number of amides is 1. The van der Waals surface area contributed by atoms with Crippen LogP contribution < -0.4 is 14.8 Å². The number of fused-ring (bicyclic) bond motifs is 1. The highest BCUT2D eigenvalue weighted by Gasteiger charge is 2.24. The number of halogens is 2. The van der Waals surface area contributed by atoms with Crippen LogP contribution in [0.1, 0.15) is 5.56 Å². The smallest absolute Gasteiger partial charge is 0.262 e. The van der Waals surface area contributed by atoms with Gasteiger partial charge >= 0.3 is 0 Å². The second kappa shape index (κ2) is 6.60. The molecule has 0 aromatic heterocycles. The molecule has 0 saturated carbocycles. The van der Waals surface area contributed by atoms with Crippen LogP contribution in [0.3, 0.4) is 0 Å². The molecule has 0 saturated heterocycles. The summed E-state index contributed by atoms with van der Waals surface area (Å²) in [6.45, 7) is -0.159. The Kier molecular flexibility index (Phi) is 4.69. The predicted octanol–water partition coefficient (Wildman–Crippen LogP) is 2.80. The lowest BCUT2D eigenvalue weighted by Gasteiger charge is -2.19. The number of rotatable bonds is 4. The molecular formula is C15H12Cl2N2O4S. The van der Waals surface area contributed by atoms with Crippen molar-refractivity contribution in [3.8, 4) is 5.75 Å². The summed E-state index contributed by atoms with van der Waals surface area (Å²) in [4.78, 5) is 11.2. The average Bonchev–Trinajstić information content (AvgIpc) is 2.53. The zero-order valence-corrected chi connectivity index (χ0v) is 14.5. The summed E-state index contributed by atoms with van der Waals surface area (Å²) in [6, 6.07) is 9.54. The van der Waals surface area contributed by atoms with Gasteiger partial charge in [0, 0.05) is 17.6 Å². The number of sulfonamides is 1. The van der Waals surface area contributed by atoms with Crippen LogP contribution in [-0.2, 0) is 21.4 Å². The highest BCUT2D eigenvalue weighted by Crippen LogP contribution is 2.35. The molecule has 2 aromatic rings. The third-order valence-corrected chi connectivity index (χ3v) is 5.60. The quantitative estimate of drug-likeness (QED) is 0.845. The van der Waals surface area contributed by atoms with E-state index in [1.54, 1.807) is 24.3 Å². The van der Waals surface area contributed by atoms with E-state index in [9.17, 15) is 13.2 Å². The lowest BCUT2D eigenvalue weighted by Crippen LogP contribution is -2.27. The van der Waals surface area contributed by atoms with Crippen LogP contribution in [0.25, 0.3) is 0 Å². The molecule has 1 heterocycles. The van der Waals surface area contributed by atoms with Gasteiger partial charge in [-0.05, 0) is 17.7 Å². The van der Waals surface area contributed by atoms with Crippen LogP contribution in [0.2, 0.25) is 10.0 Å². The number of ether oxygens (including phenoxy) is 1. The lowest BCUT2D eigenvalue weighted by molar-refractivity contribution is -0.118. The molecule has 1 aliphatic rings. The van der Waals surface area contributed by atoms with Crippen molar-refractivity contribution in [2.75, 3.05) is 11.9 Å². The minimum absolute atomic E-state index is 0.0208. The first-order valence-corrected chi connectivity index (χ1v) is 9.10. The second-order valence-corrected chi connectivity index (χ2v) is 7.58. The molecule has 6 nitrogen and oxygen atoms in total. The van der Waals surface area contributed by atoms with E-state index in [1.807, 2.05) is 0 Å². The maximum Gasteiger partial charge on any atom is 0.262 e. The first-order chi connectivity index (χ1) is 11.4. The molecule has 3 rings (SSSR count). The van der Waals surface area contributed by atoms with E-state index in [0.29, 0.717) is 16.3 Å². The fourth-order valence-corrected chi connectivity index (χ4v) is 3.93. The Hall–Kier alpha value is -1.80. The van der Waals surface area contributed by atoms with E-state index < -0.39 is 10.0 Å². The molecule has 0 spiro atoms. The normalized spacial score (nSPS) is 13.8. The van der Waals surface area contributed by atoms with Crippen molar-refractivity contribution in [2.45, 2.75) is 11.4 Å². The lowest BCUT2D eigenvalue weighted by atomic mass is 10.2. The van der Waals surface area contributed by atoms with Crippen molar-refractivity contribution >= 4 is 44.8 Å². The summed E-state index contributed by atoms with van der Waals surface area (Å²) in [5, 5.41) is 3.00. The molecule has 9 heteroatoms. The van der Waals surface area contributed by atoms with Gasteiger partial charge in [-0.2, -0.15) is 0 Å². The minimum atomic E-state index is -3.89. The first kappa shape index (κ1) is 17.0. The Morgan fingerprint density at radius 1 is 1.17 bits per heavy atom. The zero-order chi connectivity index (χ0) is 17.3. The molecule has 0 aliphatic carbocycles. The van der Waals surface area contributed by atoms with Gasteiger partial charge in [-0.3, -0.25) is 4.79 Å². The van der Waals surface area contributed by atoms with Crippen molar-refractivity contribution in [2.24, 2.45) is 0 Å². The van der Waals surface area contributed by atoms with Crippen LogP contribution in [0, 0.1) is 0 Å². The summed E-state index contributed by atoms with van der Waals surface area (Å²) in [5.41, 5.74) is 0.974. The summed E-state index contributed by atoms with van der Waals surface area (Å²) in [7, 11) is -3.89. The summed E-state index contributed by atoms with van der Waals surface area (Å²) < 4.78 is 32.7. The fraction of sp³-hybridized carbons (Fsp3) is 0.133. The van der Waals surface area contributed by atoms with E-state index in [0.717, 1.165) is 0 Å². The van der Waals surface area contributed by atoms with E-state index >= 15 is 0 Å². The third-order valence-electron chi connectivity index (χ3n) is 3.37. The Morgan fingerprint density at radius 3 is 2.67 bits per heavy atom. The van der Waals surface area contributed by atoms with Crippen LogP contribution in [0.5, 0.6) is 5.75 Å². The molecule has 24 heavy (non-hydrogen) atoms. The predicted molar refractivity (Wildman–Crippen MR) is 91.1 cm³/mol. The molecule has 0 fully saturated rings. The van der Waals surface area contributed by atoms with Crippen molar-refractivity contribution in [1.29, 1.82) is 0 Å². The standard InChI is InChI=1S/C15H12Cl2N2O4S/c16-10-4-2-1-3-9(10)7-18-24(21,22)14-6-13-12(5-11(14)17)19-15(20)8-23-13/h1-6,18H,7-8H2,(H,19,20). The second-order valence-electron chi connectivity index (χ2n) is 5.03. The van der Waals surface area contributed by atoms with Gasteiger partial charge in [-0.25, -0.2) is 13.1 Å². The Balaban J connectivity index is 1.87. The van der Waals surface area contributed by atoms with Gasteiger partial charge in [0.1, 0.15) is 10.6 Å². The number of hydrogen-bond acceptors (Lipinski definition) is 4. The fourth-order valence-electron chi connectivity index (χ4n) is 2.18. The highest BCUT2D eigenvalue weighted by molar-refractivity contribution is 7.89. The number of carbonyl (C=O) groups excluding carboxylic acids is 1. The maximum absolute atomic E-state index is 12.5. The Labute approximate surface area is 148 Å². The number of benzene rings is 2. The Morgan fingerprint density at radius 2 is 1.92 bits per heavy atom. The molecule has 126 valence electrons. The maximum atomic E-state index is 12.5. The number of anilines is 1. The number of carbonyl (C=O) groups is 1. The van der Waals surface area contributed by atoms with E-state index in [-0.39, 0.29) is 34.7 Å². The van der Waals surface area contributed by atoms with Crippen LogP contribution in [0.4, 0.5) is 5.69 Å². The van der Waals surface area contributed by atoms with Crippen LogP contribution >= 0.6 is 23.2 Å². The molecule has 0 atom stereocenters. The van der Waals surface area contributed by atoms with Gasteiger partial charge in [-0.15, -0.1) is 0 Å². The topological polar surface area (TPSA) is 84.5 Å². The first-order valence-electron chi connectivity index (χ1n) is 6.86. The van der Waals surface area contributed by atoms with Crippen molar-refractivity contribution in [3.05, 3.63) is 52.0 Å². The largest absolute Gasteiger partial charge is 0.482 e. The van der Waals surface area contributed by atoms with Gasteiger partial charge < -0.3 is 10.1 Å². The summed E-state index contributed by atoms with van der Waals surface area (Å²) in [6.07, 6.45) is 0. The molecule has 0 bridgehead atoms. The van der Waals surface area contributed by atoms with E-state index in [1.165, 1.54) is 12.1 Å². The summed E-state index contributed by atoms with van der Waals surface area (Å²) >= 11 is 12.1. The van der Waals surface area contributed by atoms with Crippen LogP contribution in [-0.4, -0.2) is 20.9 Å². The van der Waals surface area contributed by atoms with Gasteiger partial charge in [0.05, 0.1) is 10.7 Å². The third kappa shape index (κ3) is 3.49. The SMILES string of the molecule is O=C1COc2cc(S(=O)(=O)NCc3ccccc3Cl)c(Cl)cc2N1. The van der Waals surface area contributed by atoms with Gasteiger partial charge in [0.15, 0.2) is 6.61 Å². The molecule has 0 unspecified atom stereocenters. The number of nitrogens with one attached hydrogen (secondary N) is 2. The van der Waals surface area contributed by atoms with Crippen LogP contribution in [0.15, 0.2) is 41.3 Å². The molecule has 1 amide bonds. The van der Waals surface area contributed by atoms with Crippen molar-refractivity contribution in [3.63, 3.8) is 0 Å². The van der Waals surface area contributed by atoms with Gasteiger partial charge in [0.2, 0.25) is 10.0 Å². The van der Waals surface area contributed by atoms with Gasteiger partial charge in [0.25, 0.3) is 5.91 Å².